The minimum atomic E-state index is -0.461. The summed E-state index contributed by atoms with van der Waals surface area (Å²) in [6, 6.07) is 4.69. The number of amides is 1. The van der Waals surface area contributed by atoms with E-state index in [1.165, 1.54) is 6.07 Å². The number of rotatable bonds is 2. The Kier molecular flexibility index (Phi) is 3.74. The molecule has 2 rings (SSSR count). The Morgan fingerprint density at radius 2 is 2.35 bits per heavy atom. The van der Waals surface area contributed by atoms with Crippen LogP contribution in [0.5, 0.6) is 0 Å². The van der Waals surface area contributed by atoms with Crippen LogP contribution in [0.3, 0.4) is 0 Å². The highest BCUT2D eigenvalue weighted by Crippen LogP contribution is 2.11. The second-order valence-electron chi connectivity index (χ2n) is 4.50. The fourth-order valence-corrected chi connectivity index (χ4v) is 2.05. The second kappa shape index (κ2) is 5.27. The van der Waals surface area contributed by atoms with Crippen molar-refractivity contribution in [3.8, 4) is 0 Å². The lowest BCUT2D eigenvalue weighted by atomic mass is 10.1. The summed E-state index contributed by atoms with van der Waals surface area (Å²) >= 11 is 0. The van der Waals surface area contributed by atoms with Crippen LogP contribution in [0.2, 0.25) is 0 Å². The van der Waals surface area contributed by atoms with E-state index in [4.69, 9.17) is 0 Å². The first-order valence-electron chi connectivity index (χ1n) is 5.94. The second-order valence-corrected chi connectivity index (χ2v) is 4.50. The van der Waals surface area contributed by atoms with Gasteiger partial charge in [-0.25, -0.2) is 4.39 Å². The van der Waals surface area contributed by atoms with Gasteiger partial charge in [0.25, 0.3) is 5.91 Å². The normalized spacial score (nSPS) is 20.0. The van der Waals surface area contributed by atoms with Gasteiger partial charge in [0, 0.05) is 12.6 Å². The van der Waals surface area contributed by atoms with E-state index in [1.807, 2.05) is 6.92 Å². The van der Waals surface area contributed by atoms with Crippen LogP contribution in [-0.2, 0) is 0 Å². The van der Waals surface area contributed by atoms with Crippen LogP contribution < -0.4 is 10.6 Å². The van der Waals surface area contributed by atoms with Gasteiger partial charge in [-0.15, -0.1) is 0 Å². The quantitative estimate of drug-likeness (QED) is 0.819. The number of hydrogen-bond acceptors (Lipinski definition) is 2. The van der Waals surface area contributed by atoms with E-state index in [2.05, 4.69) is 10.6 Å². The standard InChI is InChI=1S/C13H17FN2O/c1-9-4-5-12(14)11(7-9)13(17)16-10-3-2-6-15-8-10/h4-5,7,10,15H,2-3,6,8H2,1H3,(H,16,17)/t10-/m0/s1. The molecule has 1 aromatic carbocycles. The average molecular weight is 236 g/mol. The molecular formula is C13H17FN2O. The number of halogens is 1. The van der Waals surface area contributed by atoms with Gasteiger partial charge in [0.05, 0.1) is 5.56 Å². The van der Waals surface area contributed by atoms with Crippen molar-refractivity contribution in [2.24, 2.45) is 0 Å². The molecule has 0 radical (unpaired) electrons. The van der Waals surface area contributed by atoms with Crippen LogP contribution in [0.15, 0.2) is 18.2 Å². The topological polar surface area (TPSA) is 41.1 Å². The van der Waals surface area contributed by atoms with Crippen molar-refractivity contribution in [3.63, 3.8) is 0 Å². The van der Waals surface area contributed by atoms with Crippen LogP contribution in [0.4, 0.5) is 4.39 Å². The van der Waals surface area contributed by atoms with Crippen LogP contribution in [-0.4, -0.2) is 25.0 Å². The fraction of sp³-hybridized carbons (Fsp3) is 0.462. The van der Waals surface area contributed by atoms with E-state index in [9.17, 15) is 9.18 Å². The maximum Gasteiger partial charge on any atom is 0.254 e. The number of carbonyl (C=O) groups is 1. The number of benzene rings is 1. The lowest BCUT2D eigenvalue weighted by molar-refractivity contribution is 0.0926. The van der Waals surface area contributed by atoms with Gasteiger partial charge >= 0.3 is 0 Å². The summed E-state index contributed by atoms with van der Waals surface area (Å²) in [4.78, 5) is 11.9. The molecule has 4 heteroatoms. The Hall–Kier alpha value is -1.42. The molecule has 17 heavy (non-hydrogen) atoms. The van der Waals surface area contributed by atoms with Gasteiger partial charge in [-0.1, -0.05) is 11.6 Å². The molecule has 0 aromatic heterocycles. The van der Waals surface area contributed by atoms with Crippen molar-refractivity contribution in [2.45, 2.75) is 25.8 Å². The van der Waals surface area contributed by atoms with Gasteiger partial charge in [0.2, 0.25) is 0 Å². The molecule has 1 saturated heterocycles. The zero-order valence-corrected chi connectivity index (χ0v) is 9.92. The van der Waals surface area contributed by atoms with Gasteiger partial charge in [0.15, 0.2) is 0 Å². The van der Waals surface area contributed by atoms with Crippen molar-refractivity contribution in [3.05, 3.63) is 35.1 Å². The lowest BCUT2D eigenvalue weighted by Gasteiger charge is -2.23. The molecule has 1 heterocycles. The molecule has 92 valence electrons. The molecule has 0 saturated carbocycles. The number of piperidine rings is 1. The average Bonchev–Trinajstić information content (AvgIpc) is 2.33. The molecule has 1 amide bonds. The Morgan fingerprint density at radius 1 is 1.53 bits per heavy atom. The van der Waals surface area contributed by atoms with E-state index < -0.39 is 5.82 Å². The van der Waals surface area contributed by atoms with Crippen LogP contribution >= 0.6 is 0 Å². The minimum Gasteiger partial charge on any atom is -0.348 e. The maximum absolute atomic E-state index is 13.5. The zero-order valence-electron chi connectivity index (χ0n) is 9.92. The smallest absolute Gasteiger partial charge is 0.254 e. The number of nitrogens with one attached hydrogen (secondary N) is 2. The van der Waals surface area contributed by atoms with Gasteiger partial charge in [-0.3, -0.25) is 4.79 Å². The van der Waals surface area contributed by atoms with Crippen molar-refractivity contribution in [1.82, 2.24) is 10.6 Å². The van der Waals surface area contributed by atoms with Crippen molar-refractivity contribution >= 4 is 5.91 Å². The van der Waals surface area contributed by atoms with E-state index >= 15 is 0 Å². The molecule has 1 aromatic rings. The molecule has 1 aliphatic heterocycles. The van der Waals surface area contributed by atoms with E-state index in [0.717, 1.165) is 31.5 Å². The van der Waals surface area contributed by atoms with Crippen LogP contribution in [0.1, 0.15) is 28.8 Å². The van der Waals surface area contributed by atoms with E-state index in [-0.39, 0.29) is 17.5 Å². The molecule has 1 fully saturated rings. The number of carbonyl (C=O) groups excluding carboxylic acids is 1. The summed E-state index contributed by atoms with van der Waals surface area (Å²) in [5, 5.41) is 6.07. The highest BCUT2D eigenvalue weighted by Gasteiger charge is 2.18. The van der Waals surface area contributed by atoms with Crippen molar-refractivity contribution in [2.75, 3.05) is 13.1 Å². The highest BCUT2D eigenvalue weighted by atomic mass is 19.1. The molecule has 2 N–H and O–H groups in total. The first-order chi connectivity index (χ1) is 8.16. The largest absolute Gasteiger partial charge is 0.348 e. The van der Waals surface area contributed by atoms with Crippen LogP contribution in [0.25, 0.3) is 0 Å². The summed E-state index contributed by atoms with van der Waals surface area (Å²) in [5.41, 5.74) is 1.02. The summed E-state index contributed by atoms with van der Waals surface area (Å²) < 4.78 is 13.5. The third kappa shape index (κ3) is 3.03. The summed E-state index contributed by atoms with van der Waals surface area (Å²) in [7, 11) is 0. The minimum absolute atomic E-state index is 0.108. The Morgan fingerprint density at radius 3 is 3.06 bits per heavy atom. The molecule has 0 unspecified atom stereocenters. The third-order valence-corrected chi connectivity index (χ3v) is 3.00. The predicted molar refractivity (Wildman–Crippen MR) is 64.5 cm³/mol. The molecule has 0 spiro atoms. The van der Waals surface area contributed by atoms with Crippen molar-refractivity contribution < 1.29 is 9.18 Å². The summed E-state index contributed by atoms with van der Waals surface area (Å²) in [6.45, 7) is 3.60. The Labute approximate surface area is 100 Å². The maximum atomic E-state index is 13.5. The van der Waals surface area contributed by atoms with E-state index in [0.29, 0.717) is 0 Å². The van der Waals surface area contributed by atoms with Crippen molar-refractivity contribution in [1.29, 1.82) is 0 Å². The van der Waals surface area contributed by atoms with Gasteiger partial charge in [-0.2, -0.15) is 0 Å². The Balaban J connectivity index is 2.05. The Bertz CT molecular complexity index is 414. The molecule has 0 bridgehead atoms. The summed E-state index contributed by atoms with van der Waals surface area (Å²) in [6.07, 6.45) is 1.99. The number of aryl methyl sites for hydroxylation is 1. The highest BCUT2D eigenvalue weighted by molar-refractivity contribution is 5.94. The lowest BCUT2D eigenvalue weighted by Crippen LogP contribution is -2.45. The van der Waals surface area contributed by atoms with Gasteiger partial charge < -0.3 is 10.6 Å². The molecular weight excluding hydrogens is 219 g/mol. The zero-order chi connectivity index (χ0) is 12.3. The fourth-order valence-electron chi connectivity index (χ4n) is 2.05. The molecule has 1 aliphatic rings. The number of hydrogen-bond donors (Lipinski definition) is 2. The first-order valence-corrected chi connectivity index (χ1v) is 5.94. The molecule has 1 atom stereocenters. The van der Waals surface area contributed by atoms with Crippen LogP contribution in [0, 0.1) is 12.7 Å². The predicted octanol–water partition coefficient (Wildman–Crippen LogP) is 1.62. The SMILES string of the molecule is Cc1ccc(F)c(C(=O)N[C@H]2CCCNC2)c1. The monoisotopic (exact) mass is 236 g/mol. The first kappa shape index (κ1) is 12.0. The molecule has 0 aliphatic carbocycles. The van der Waals surface area contributed by atoms with Gasteiger partial charge in [0.1, 0.15) is 5.82 Å². The molecule has 3 nitrogen and oxygen atoms in total. The third-order valence-electron chi connectivity index (χ3n) is 3.00. The van der Waals surface area contributed by atoms with E-state index in [1.54, 1.807) is 12.1 Å². The van der Waals surface area contributed by atoms with Gasteiger partial charge in [-0.05, 0) is 38.4 Å². The summed E-state index contributed by atoms with van der Waals surface area (Å²) in [5.74, 6) is -0.781.